The van der Waals surface area contributed by atoms with Crippen molar-refractivity contribution in [2.45, 2.75) is 297 Å². The van der Waals surface area contributed by atoms with Crippen LogP contribution in [0.15, 0.2) is 97.2 Å². The molecular weight excluding hydrogens is 901 g/mol. The number of hydrogen-bond acceptors (Lipinski definition) is 6. The van der Waals surface area contributed by atoms with Crippen LogP contribution in [-0.4, -0.2) is 37.2 Å². The smallest absolute Gasteiger partial charge is 0.306 e. The molecule has 0 saturated heterocycles. The van der Waals surface area contributed by atoms with Gasteiger partial charge < -0.3 is 14.2 Å². The van der Waals surface area contributed by atoms with Crippen molar-refractivity contribution in [3.05, 3.63) is 97.2 Å². The van der Waals surface area contributed by atoms with Crippen LogP contribution in [0, 0.1) is 0 Å². The van der Waals surface area contributed by atoms with E-state index in [1.807, 2.05) is 0 Å². The summed E-state index contributed by atoms with van der Waals surface area (Å²) in [5.74, 6) is -0.928. The summed E-state index contributed by atoms with van der Waals surface area (Å²) in [5, 5.41) is 0. The molecule has 0 bridgehead atoms. The first-order valence-electron chi connectivity index (χ1n) is 30.7. The molecule has 0 spiro atoms. The Balaban J connectivity index is 4.46. The zero-order valence-electron chi connectivity index (χ0n) is 47.9. The van der Waals surface area contributed by atoms with Gasteiger partial charge in [-0.15, -0.1) is 0 Å². The Morgan fingerprint density at radius 3 is 0.890 bits per heavy atom. The summed E-state index contributed by atoms with van der Waals surface area (Å²) in [6.45, 7) is 6.48. The lowest BCUT2D eigenvalue weighted by atomic mass is 10.1. The maximum absolute atomic E-state index is 12.9. The van der Waals surface area contributed by atoms with Gasteiger partial charge in [-0.25, -0.2) is 0 Å². The number of ether oxygens (including phenoxy) is 3. The molecule has 0 aliphatic heterocycles. The molecule has 418 valence electrons. The first-order chi connectivity index (χ1) is 36.0. The highest BCUT2D eigenvalue weighted by molar-refractivity contribution is 5.71. The van der Waals surface area contributed by atoms with E-state index in [0.29, 0.717) is 19.3 Å². The van der Waals surface area contributed by atoms with Crippen molar-refractivity contribution >= 4 is 17.9 Å². The lowest BCUT2D eigenvalue weighted by Gasteiger charge is -2.18. The van der Waals surface area contributed by atoms with E-state index in [4.69, 9.17) is 14.2 Å². The number of hydrogen-bond donors (Lipinski definition) is 0. The van der Waals surface area contributed by atoms with Gasteiger partial charge in [-0.05, 0) is 122 Å². The van der Waals surface area contributed by atoms with E-state index < -0.39 is 6.10 Å². The molecule has 0 aliphatic rings. The van der Waals surface area contributed by atoms with E-state index in [9.17, 15) is 14.4 Å². The molecule has 0 amide bonds. The normalized spacial score (nSPS) is 12.8. The van der Waals surface area contributed by atoms with Crippen LogP contribution in [0.25, 0.3) is 0 Å². The van der Waals surface area contributed by atoms with Crippen molar-refractivity contribution in [1.29, 1.82) is 0 Å². The second kappa shape index (κ2) is 60.9. The molecule has 0 heterocycles. The molecule has 0 aromatic carbocycles. The summed E-state index contributed by atoms with van der Waals surface area (Å²) in [6.07, 6.45) is 81.1. The minimum atomic E-state index is -0.798. The molecule has 0 aliphatic carbocycles. The van der Waals surface area contributed by atoms with Gasteiger partial charge >= 0.3 is 17.9 Å². The van der Waals surface area contributed by atoms with E-state index in [2.05, 4.69) is 118 Å². The van der Waals surface area contributed by atoms with Crippen LogP contribution in [0.3, 0.4) is 0 Å². The maximum Gasteiger partial charge on any atom is 0.306 e. The number of esters is 3. The molecule has 1 atom stereocenters. The van der Waals surface area contributed by atoms with Gasteiger partial charge in [-0.1, -0.05) is 246 Å². The molecule has 0 N–H and O–H groups in total. The molecule has 0 unspecified atom stereocenters. The molecule has 0 fully saturated rings. The van der Waals surface area contributed by atoms with Crippen LogP contribution in [0.5, 0.6) is 0 Å². The standard InChI is InChI=1S/C67H114O6/c1-4-7-10-13-16-19-22-25-28-31-33-36-39-42-45-48-51-54-57-60-66(69)72-63-64(62-71-65(68)59-56-53-50-47-44-41-38-35-30-27-24-21-18-15-12-9-6-3)73-67(70)61-58-55-52-49-46-43-40-37-34-32-29-26-23-20-17-14-11-8-5-2/h7,10,16,18-19,21,25-30,33,36,42,45,64H,4-6,8-9,11-15,17,20,22-24,31-32,34-35,37-41,43-44,46-63H2,1-3H3/b10-7+,19-16+,21-18+,28-25+,29-26+,30-27+,36-33+,45-42+/t64-/m1/s1. The first kappa shape index (κ1) is 69.3. The highest BCUT2D eigenvalue weighted by Crippen LogP contribution is 2.15. The van der Waals surface area contributed by atoms with Crippen LogP contribution >= 0.6 is 0 Å². The number of rotatable bonds is 55. The van der Waals surface area contributed by atoms with Gasteiger partial charge in [0, 0.05) is 19.3 Å². The Labute approximate surface area is 451 Å². The van der Waals surface area contributed by atoms with E-state index in [-0.39, 0.29) is 31.1 Å². The van der Waals surface area contributed by atoms with Gasteiger partial charge in [0.1, 0.15) is 13.2 Å². The molecule has 0 saturated carbocycles. The Morgan fingerprint density at radius 2 is 0.534 bits per heavy atom. The quantitative estimate of drug-likeness (QED) is 0.0261. The molecule has 0 rings (SSSR count). The van der Waals surface area contributed by atoms with Gasteiger partial charge in [-0.2, -0.15) is 0 Å². The van der Waals surface area contributed by atoms with E-state index in [1.54, 1.807) is 0 Å². The molecule has 73 heavy (non-hydrogen) atoms. The summed E-state index contributed by atoms with van der Waals surface area (Å²) < 4.78 is 16.9. The lowest BCUT2D eigenvalue weighted by Crippen LogP contribution is -2.30. The van der Waals surface area contributed by atoms with Crippen LogP contribution in [0.2, 0.25) is 0 Å². The molecule has 6 nitrogen and oxygen atoms in total. The summed E-state index contributed by atoms with van der Waals surface area (Å²) in [6, 6.07) is 0. The minimum Gasteiger partial charge on any atom is -0.462 e. The van der Waals surface area contributed by atoms with Crippen molar-refractivity contribution in [3.8, 4) is 0 Å². The lowest BCUT2D eigenvalue weighted by molar-refractivity contribution is -0.167. The molecule has 0 aromatic rings. The van der Waals surface area contributed by atoms with Gasteiger partial charge in [0.15, 0.2) is 6.10 Å². The van der Waals surface area contributed by atoms with Crippen LogP contribution in [0.4, 0.5) is 0 Å². The fraction of sp³-hybridized carbons (Fsp3) is 0.716. The molecule has 0 radical (unpaired) electrons. The average Bonchev–Trinajstić information content (AvgIpc) is 3.39. The van der Waals surface area contributed by atoms with E-state index >= 15 is 0 Å². The minimum absolute atomic E-state index is 0.0930. The topological polar surface area (TPSA) is 78.9 Å². The highest BCUT2D eigenvalue weighted by Gasteiger charge is 2.19. The Hall–Kier alpha value is -3.67. The fourth-order valence-electron chi connectivity index (χ4n) is 8.44. The summed E-state index contributed by atoms with van der Waals surface area (Å²) in [4.78, 5) is 38.3. The zero-order valence-corrected chi connectivity index (χ0v) is 47.9. The molecule has 6 heteroatoms. The predicted octanol–water partition coefficient (Wildman–Crippen LogP) is 20.9. The van der Waals surface area contributed by atoms with Crippen molar-refractivity contribution < 1.29 is 28.6 Å². The first-order valence-corrected chi connectivity index (χ1v) is 30.7. The summed E-state index contributed by atoms with van der Waals surface area (Å²) >= 11 is 0. The molecule has 0 aromatic heterocycles. The van der Waals surface area contributed by atoms with Crippen LogP contribution < -0.4 is 0 Å². The SMILES string of the molecule is CC/C=C/C/C=C/C/C=C/C/C=C/C/C=C/CCCCCC(=O)OC[C@@H](COC(=O)CCCCCCCCC/C=C/C/C=C/CCCCC)OC(=O)CCCCCCCCCCC/C=C/CCCCCCCC. The van der Waals surface area contributed by atoms with Crippen molar-refractivity contribution in [1.82, 2.24) is 0 Å². The number of unbranched alkanes of at least 4 members (excludes halogenated alkanes) is 28. The fourth-order valence-corrected chi connectivity index (χ4v) is 8.44. The van der Waals surface area contributed by atoms with Gasteiger partial charge in [0.2, 0.25) is 0 Å². The third kappa shape index (κ3) is 59.1. The second-order valence-corrected chi connectivity index (χ2v) is 20.2. The number of carbonyl (C=O) groups is 3. The van der Waals surface area contributed by atoms with Crippen molar-refractivity contribution in [3.63, 3.8) is 0 Å². The maximum atomic E-state index is 12.9. The summed E-state index contributed by atoms with van der Waals surface area (Å²) in [7, 11) is 0. The highest BCUT2D eigenvalue weighted by atomic mass is 16.6. The van der Waals surface area contributed by atoms with E-state index in [1.165, 1.54) is 141 Å². The van der Waals surface area contributed by atoms with Crippen LogP contribution in [0.1, 0.15) is 290 Å². The monoisotopic (exact) mass is 1010 g/mol. The van der Waals surface area contributed by atoms with E-state index in [0.717, 1.165) is 109 Å². The zero-order chi connectivity index (χ0) is 52.9. The van der Waals surface area contributed by atoms with Gasteiger partial charge in [0.25, 0.3) is 0 Å². The number of allylic oxidation sites excluding steroid dienone is 16. The van der Waals surface area contributed by atoms with Crippen molar-refractivity contribution in [2.24, 2.45) is 0 Å². The third-order valence-electron chi connectivity index (χ3n) is 13.0. The Kier molecular flexibility index (Phi) is 57.8. The average molecular weight is 1020 g/mol. The molecular formula is C67H114O6. The largest absolute Gasteiger partial charge is 0.462 e. The Morgan fingerprint density at radius 1 is 0.288 bits per heavy atom. The Bertz CT molecular complexity index is 1440. The predicted molar refractivity (Wildman–Crippen MR) is 316 cm³/mol. The van der Waals surface area contributed by atoms with Gasteiger partial charge in [0.05, 0.1) is 0 Å². The van der Waals surface area contributed by atoms with Crippen LogP contribution in [-0.2, 0) is 28.6 Å². The van der Waals surface area contributed by atoms with Gasteiger partial charge in [-0.3, -0.25) is 14.4 Å². The number of carbonyl (C=O) groups excluding carboxylic acids is 3. The van der Waals surface area contributed by atoms with Crippen molar-refractivity contribution in [2.75, 3.05) is 13.2 Å². The summed E-state index contributed by atoms with van der Waals surface area (Å²) in [5.41, 5.74) is 0. The second-order valence-electron chi connectivity index (χ2n) is 20.2. The third-order valence-corrected chi connectivity index (χ3v) is 13.0.